The SMILES string of the molecule is OC1(c2cccc3c2OCCC3)CCNCC1. The molecule has 3 heteroatoms. The van der Waals surface area contributed by atoms with Crippen molar-refractivity contribution in [2.75, 3.05) is 19.7 Å². The third kappa shape index (κ3) is 1.94. The Hall–Kier alpha value is -1.06. The van der Waals surface area contributed by atoms with Gasteiger partial charge in [0.05, 0.1) is 12.2 Å². The third-order valence-corrected chi connectivity index (χ3v) is 3.87. The molecule has 17 heavy (non-hydrogen) atoms. The number of hydrogen-bond acceptors (Lipinski definition) is 3. The van der Waals surface area contributed by atoms with Crippen molar-refractivity contribution in [1.82, 2.24) is 5.32 Å². The summed E-state index contributed by atoms with van der Waals surface area (Å²) in [4.78, 5) is 0. The van der Waals surface area contributed by atoms with Crippen LogP contribution in [0.25, 0.3) is 0 Å². The molecule has 0 amide bonds. The molecule has 0 spiro atoms. The van der Waals surface area contributed by atoms with Crippen LogP contribution >= 0.6 is 0 Å². The summed E-state index contributed by atoms with van der Waals surface area (Å²) in [5, 5.41) is 14.1. The number of rotatable bonds is 1. The van der Waals surface area contributed by atoms with Crippen LogP contribution in [-0.2, 0) is 12.0 Å². The number of benzene rings is 1. The van der Waals surface area contributed by atoms with Crippen LogP contribution in [0.5, 0.6) is 5.75 Å². The topological polar surface area (TPSA) is 41.5 Å². The Bertz CT molecular complexity index is 411. The summed E-state index contributed by atoms with van der Waals surface area (Å²) in [6.07, 6.45) is 3.69. The van der Waals surface area contributed by atoms with Crippen molar-refractivity contribution < 1.29 is 9.84 Å². The van der Waals surface area contributed by atoms with Crippen LogP contribution in [0.3, 0.4) is 0 Å². The molecule has 3 rings (SSSR count). The molecule has 2 aliphatic heterocycles. The summed E-state index contributed by atoms with van der Waals surface area (Å²) in [5.41, 5.74) is 1.55. The van der Waals surface area contributed by atoms with Gasteiger partial charge in [0.1, 0.15) is 5.75 Å². The molecule has 0 aromatic heterocycles. The molecule has 2 heterocycles. The van der Waals surface area contributed by atoms with Gasteiger partial charge in [-0.25, -0.2) is 0 Å². The van der Waals surface area contributed by atoms with E-state index in [9.17, 15) is 5.11 Å². The van der Waals surface area contributed by atoms with Gasteiger partial charge in [-0.15, -0.1) is 0 Å². The molecule has 2 N–H and O–H groups in total. The van der Waals surface area contributed by atoms with Gasteiger partial charge in [0.2, 0.25) is 0 Å². The molecule has 0 atom stereocenters. The van der Waals surface area contributed by atoms with Crippen molar-refractivity contribution in [2.24, 2.45) is 0 Å². The van der Waals surface area contributed by atoms with E-state index in [0.717, 1.165) is 56.7 Å². The molecular formula is C14H19NO2. The summed E-state index contributed by atoms with van der Waals surface area (Å²) in [7, 11) is 0. The number of ether oxygens (including phenoxy) is 1. The first-order valence-electron chi connectivity index (χ1n) is 6.48. The molecule has 1 aromatic rings. The van der Waals surface area contributed by atoms with Crippen LogP contribution in [0.4, 0.5) is 0 Å². The largest absolute Gasteiger partial charge is 0.493 e. The van der Waals surface area contributed by atoms with Gasteiger partial charge >= 0.3 is 0 Å². The Labute approximate surface area is 102 Å². The number of aliphatic hydroxyl groups is 1. The minimum Gasteiger partial charge on any atom is -0.493 e. The molecule has 0 unspecified atom stereocenters. The van der Waals surface area contributed by atoms with Crippen molar-refractivity contribution in [2.45, 2.75) is 31.3 Å². The molecule has 3 nitrogen and oxygen atoms in total. The number of aryl methyl sites for hydroxylation is 1. The van der Waals surface area contributed by atoms with Crippen LogP contribution in [-0.4, -0.2) is 24.8 Å². The van der Waals surface area contributed by atoms with Gasteiger partial charge in [-0.1, -0.05) is 18.2 Å². The normalized spacial score (nSPS) is 22.6. The van der Waals surface area contributed by atoms with Gasteiger partial charge in [0.15, 0.2) is 0 Å². The average molecular weight is 233 g/mol. The quantitative estimate of drug-likeness (QED) is 0.774. The van der Waals surface area contributed by atoms with Crippen molar-refractivity contribution in [3.05, 3.63) is 29.3 Å². The summed E-state index contributed by atoms with van der Waals surface area (Å²) in [6, 6.07) is 6.18. The van der Waals surface area contributed by atoms with E-state index in [0.29, 0.717) is 0 Å². The second-order valence-corrected chi connectivity index (χ2v) is 5.03. The molecule has 0 bridgehead atoms. The highest BCUT2D eigenvalue weighted by atomic mass is 16.5. The number of fused-ring (bicyclic) bond motifs is 1. The van der Waals surface area contributed by atoms with E-state index in [4.69, 9.17) is 4.74 Å². The van der Waals surface area contributed by atoms with Crippen molar-refractivity contribution in [1.29, 1.82) is 0 Å². The van der Waals surface area contributed by atoms with Gasteiger partial charge in [-0.05, 0) is 44.3 Å². The van der Waals surface area contributed by atoms with Crippen LogP contribution < -0.4 is 10.1 Å². The molecule has 0 aliphatic carbocycles. The fourth-order valence-corrected chi connectivity index (χ4v) is 2.87. The van der Waals surface area contributed by atoms with Crippen LogP contribution in [0.2, 0.25) is 0 Å². The summed E-state index contributed by atoms with van der Waals surface area (Å²) in [5.74, 6) is 0.947. The van der Waals surface area contributed by atoms with E-state index in [1.54, 1.807) is 0 Å². The van der Waals surface area contributed by atoms with E-state index in [-0.39, 0.29) is 0 Å². The average Bonchev–Trinajstić information content (AvgIpc) is 2.39. The Morgan fingerprint density at radius 3 is 2.88 bits per heavy atom. The van der Waals surface area contributed by atoms with E-state index in [1.807, 2.05) is 12.1 Å². The molecule has 0 saturated carbocycles. The summed E-state index contributed by atoms with van der Waals surface area (Å²) >= 11 is 0. The Morgan fingerprint density at radius 2 is 2.06 bits per heavy atom. The van der Waals surface area contributed by atoms with Crippen molar-refractivity contribution in [3.63, 3.8) is 0 Å². The lowest BCUT2D eigenvalue weighted by Crippen LogP contribution is -2.40. The lowest BCUT2D eigenvalue weighted by Gasteiger charge is -2.35. The number of nitrogens with one attached hydrogen (secondary N) is 1. The summed E-state index contributed by atoms with van der Waals surface area (Å²) < 4.78 is 5.79. The monoisotopic (exact) mass is 233 g/mol. The standard InChI is InChI=1S/C14H19NO2/c16-14(6-8-15-9-7-14)12-5-1-3-11-4-2-10-17-13(11)12/h1,3,5,15-16H,2,4,6-10H2. The molecule has 2 aliphatic rings. The first kappa shape index (κ1) is 11.1. The minimum absolute atomic E-state index is 0.700. The molecular weight excluding hydrogens is 214 g/mol. The van der Waals surface area contributed by atoms with E-state index in [1.165, 1.54) is 5.56 Å². The second kappa shape index (κ2) is 4.31. The maximum atomic E-state index is 10.8. The number of para-hydroxylation sites is 1. The number of hydrogen-bond donors (Lipinski definition) is 2. The van der Waals surface area contributed by atoms with E-state index in [2.05, 4.69) is 11.4 Å². The highest BCUT2D eigenvalue weighted by Gasteiger charge is 2.35. The van der Waals surface area contributed by atoms with Gasteiger partial charge in [-0.3, -0.25) is 0 Å². The van der Waals surface area contributed by atoms with E-state index < -0.39 is 5.60 Å². The van der Waals surface area contributed by atoms with Gasteiger partial charge in [0, 0.05) is 5.56 Å². The van der Waals surface area contributed by atoms with Gasteiger partial charge in [-0.2, -0.15) is 0 Å². The first-order chi connectivity index (χ1) is 8.30. The Balaban J connectivity index is 2.01. The lowest BCUT2D eigenvalue weighted by molar-refractivity contribution is 0.00299. The molecule has 1 fully saturated rings. The maximum Gasteiger partial charge on any atom is 0.128 e. The van der Waals surface area contributed by atoms with Gasteiger partial charge < -0.3 is 15.2 Å². The molecule has 0 radical (unpaired) electrons. The highest BCUT2D eigenvalue weighted by Crippen LogP contribution is 2.40. The van der Waals surface area contributed by atoms with Gasteiger partial charge in [0.25, 0.3) is 0 Å². The van der Waals surface area contributed by atoms with Crippen molar-refractivity contribution in [3.8, 4) is 5.75 Å². The fraction of sp³-hybridized carbons (Fsp3) is 0.571. The van der Waals surface area contributed by atoms with Crippen LogP contribution in [0.1, 0.15) is 30.4 Å². The minimum atomic E-state index is -0.700. The smallest absolute Gasteiger partial charge is 0.128 e. The predicted octanol–water partition coefficient (Wildman–Crippen LogP) is 1.58. The first-order valence-corrected chi connectivity index (χ1v) is 6.48. The van der Waals surface area contributed by atoms with Crippen molar-refractivity contribution >= 4 is 0 Å². The van der Waals surface area contributed by atoms with E-state index >= 15 is 0 Å². The van der Waals surface area contributed by atoms with Crippen LogP contribution in [0.15, 0.2) is 18.2 Å². The maximum absolute atomic E-state index is 10.8. The molecule has 92 valence electrons. The lowest BCUT2D eigenvalue weighted by atomic mass is 9.83. The predicted molar refractivity (Wildman–Crippen MR) is 66.3 cm³/mol. The zero-order valence-corrected chi connectivity index (χ0v) is 10.0. The third-order valence-electron chi connectivity index (χ3n) is 3.87. The Morgan fingerprint density at radius 1 is 1.24 bits per heavy atom. The second-order valence-electron chi connectivity index (χ2n) is 5.03. The zero-order chi connectivity index (χ0) is 11.7. The fourth-order valence-electron chi connectivity index (χ4n) is 2.87. The highest BCUT2D eigenvalue weighted by molar-refractivity contribution is 5.46. The number of piperidine rings is 1. The zero-order valence-electron chi connectivity index (χ0n) is 10.0. The Kier molecular flexibility index (Phi) is 2.81. The molecule has 1 aromatic carbocycles. The summed E-state index contributed by atoms with van der Waals surface area (Å²) in [6.45, 7) is 2.53. The molecule has 1 saturated heterocycles. The van der Waals surface area contributed by atoms with Crippen LogP contribution in [0, 0.1) is 0 Å².